The molecule has 1 aliphatic rings. The number of quaternary nitrogens is 1. The molecule has 1 fully saturated rings. The van der Waals surface area contributed by atoms with E-state index < -0.39 is 0 Å². The van der Waals surface area contributed by atoms with Crippen molar-refractivity contribution in [3.8, 4) is 11.5 Å². The number of nitrogens with one attached hydrogen (secondary N) is 1. The minimum Gasteiger partial charge on any atom is -0.504 e. The van der Waals surface area contributed by atoms with Crippen LogP contribution in [0.1, 0.15) is 5.56 Å². The molecule has 1 aromatic carbocycles. The zero-order chi connectivity index (χ0) is 13.0. The van der Waals surface area contributed by atoms with Crippen molar-refractivity contribution in [2.45, 2.75) is 0 Å². The molecule has 0 atom stereocenters. The third-order valence-corrected chi connectivity index (χ3v) is 3.17. The Balaban J connectivity index is 2.00. The number of likely N-dealkylation sites (N-methyl/N-ethyl adjacent to an activating group) is 1. The van der Waals surface area contributed by atoms with Crippen LogP contribution in [0.5, 0.6) is 11.5 Å². The highest BCUT2D eigenvalue weighted by molar-refractivity contribution is 5.80. The lowest BCUT2D eigenvalue weighted by Crippen LogP contribution is -3.11. The molecule has 1 aromatic rings. The molecule has 5 nitrogen and oxygen atoms in total. The second kappa shape index (κ2) is 5.73. The van der Waals surface area contributed by atoms with Crippen LogP contribution in [-0.4, -0.2) is 56.7 Å². The summed E-state index contributed by atoms with van der Waals surface area (Å²) in [6.07, 6.45) is 1.81. The van der Waals surface area contributed by atoms with Crippen molar-refractivity contribution in [2.75, 3.05) is 40.3 Å². The Morgan fingerprint density at radius 3 is 2.78 bits per heavy atom. The summed E-state index contributed by atoms with van der Waals surface area (Å²) in [4.78, 5) is 1.55. The molecule has 2 N–H and O–H groups in total. The molecule has 0 radical (unpaired) electrons. The predicted molar refractivity (Wildman–Crippen MR) is 70.4 cm³/mol. The van der Waals surface area contributed by atoms with Crippen LogP contribution < -0.4 is 9.64 Å². The standard InChI is InChI=1S/C13H19N3O2/c1-15-5-7-16(8-6-15)14-10-11-3-4-12(17)13(9-11)18-2/h3-4,9-10,17H,5-8H2,1-2H3/p+1/b14-10+. The van der Waals surface area contributed by atoms with E-state index in [1.165, 1.54) is 0 Å². The smallest absolute Gasteiger partial charge is 0.161 e. The zero-order valence-corrected chi connectivity index (χ0v) is 10.9. The number of methoxy groups -OCH3 is 1. The minimum absolute atomic E-state index is 0.151. The molecule has 2 rings (SSSR count). The number of hydrogen-bond donors (Lipinski definition) is 2. The molecular formula is C13H20N3O2+. The van der Waals surface area contributed by atoms with Gasteiger partial charge in [0.05, 0.1) is 46.6 Å². The normalized spacial score (nSPS) is 17.3. The van der Waals surface area contributed by atoms with Crippen molar-refractivity contribution in [3.05, 3.63) is 23.8 Å². The number of benzene rings is 1. The molecule has 0 amide bonds. The molecule has 0 aliphatic carbocycles. The Morgan fingerprint density at radius 2 is 2.11 bits per heavy atom. The van der Waals surface area contributed by atoms with Crippen molar-refractivity contribution in [2.24, 2.45) is 5.10 Å². The van der Waals surface area contributed by atoms with Gasteiger partial charge in [-0.15, -0.1) is 0 Å². The number of hydrogen-bond acceptors (Lipinski definition) is 4. The fraction of sp³-hybridized carbons (Fsp3) is 0.462. The average molecular weight is 250 g/mol. The molecule has 0 spiro atoms. The second-order valence-electron chi connectivity index (χ2n) is 4.59. The molecule has 98 valence electrons. The maximum atomic E-state index is 9.50. The molecule has 0 unspecified atom stereocenters. The summed E-state index contributed by atoms with van der Waals surface area (Å²) in [5.41, 5.74) is 0.927. The minimum atomic E-state index is 0.151. The van der Waals surface area contributed by atoms with Crippen LogP contribution in [-0.2, 0) is 0 Å². The molecule has 0 bridgehead atoms. The summed E-state index contributed by atoms with van der Waals surface area (Å²) in [6, 6.07) is 5.22. The number of piperazine rings is 1. The van der Waals surface area contributed by atoms with Gasteiger partial charge in [-0.25, -0.2) is 0 Å². The first-order valence-electron chi connectivity index (χ1n) is 6.16. The fourth-order valence-corrected chi connectivity index (χ4v) is 1.91. The van der Waals surface area contributed by atoms with Crippen LogP contribution in [0.15, 0.2) is 23.3 Å². The van der Waals surface area contributed by atoms with E-state index in [9.17, 15) is 5.11 Å². The summed E-state index contributed by atoms with van der Waals surface area (Å²) in [5, 5.41) is 16.0. The molecule has 18 heavy (non-hydrogen) atoms. The van der Waals surface area contributed by atoms with E-state index in [4.69, 9.17) is 4.74 Å². The molecule has 1 aliphatic heterocycles. The topological polar surface area (TPSA) is 49.5 Å². The second-order valence-corrected chi connectivity index (χ2v) is 4.59. The first-order valence-corrected chi connectivity index (χ1v) is 6.16. The van der Waals surface area contributed by atoms with Crippen molar-refractivity contribution in [3.63, 3.8) is 0 Å². The van der Waals surface area contributed by atoms with Crippen LogP contribution in [0.2, 0.25) is 0 Å². The van der Waals surface area contributed by atoms with Crippen LogP contribution in [0.4, 0.5) is 0 Å². The Morgan fingerprint density at radius 1 is 1.39 bits per heavy atom. The van der Waals surface area contributed by atoms with E-state index in [0.717, 1.165) is 31.7 Å². The van der Waals surface area contributed by atoms with Crippen LogP contribution in [0.25, 0.3) is 0 Å². The Hall–Kier alpha value is -1.75. The number of rotatable bonds is 3. The monoisotopic (exact) mass is 250 g/mol. The highest BCUT2D eigenvalue weighted by atomic mass is 16.5. The van der Waals surface area contributed by atoms with E-state index in [-0.39, 0.29) is 5.75 Å². The fourth-order valence-electron chi connectivity index (χ4n) is 1.91. The SMILES string of the molecule is COc1cc(/C=N/N2CC[NH+](C)CC2)ccc1O. The van der Waals surface area contributed by atoms with Gasteiger partial charge in [0.25, 0.3) is 0 Å². The Kier molecular flexibility index (Phi) is 4.04. The lowest BCUT2D eigenvalue weighted by atomic mass is 10.2. The summed E-state index contributed by atoms with van der Waals surface area (Å²) in [7, 11) is 3.74. The summed E-state index contributed by atoms with van der Waals surface area (Å²) in [6.45, 7) is 4.21. The maximum absolute atomic E-state index is 9.50. The number of hydrazone groups is 1. The van der Waals surface area contributed by atoms with E-state index in [0.29, 0.717) is 5.75 Å². The van der Waals surface area contributed by atoms with Crippen molar-refractivity contribution < 1.29 is 14.7 Å². The van der Waals surface area contributed by atoms with Gasteiger partial charge in [-0.3, -0.25) is 5.01 Å². The number of nitrogens with zero attached hydrogens (tertiary/aromatic N) is 2. The van der Waals surface area contributed by atoms with Gasteiger partial charge >= 0.3 is 0 Å². The van der Waals surface area contributed by atoms with E-state index in [2.05, 4.69) is 17.2 Å². The maximum Gasteiger partial charge on any atom is 0.161 e. The Labute approximate surface area is 107 Å². The lowest BCUT2D eigenvalue weighted by molar-refractivity contribution is -0.884. The molecule has 0 aromatic heterocycles. The van der Waals surface area contributed by atoms with E-state index in [1.807, 2.05) is 12.3 Å². The number of phenolic OH excluding ortho intramolecular Hbond substituents is 1. The van der Waals surface area contributed by atoms with E-state index >= 15 is 0 Å². The van der Waals surface area contributed by atoms with Gasteiger partial charge in [0.1, 0.15) is 0 Å². The van der Waals surface area contributed by atoms with Gasteiger partial charge in [0.2, 0.25) is 0 Å². The quantitative estimate of drug-likeness (QED) is 0.715. The molecule has 1 saturated heterocycles. The zero-order valence-electron chi connectivity index (χ0n) is 10.9. The van der Waals surface area contributed by atoms with Gasteiger partial charge in [-0.05, 0) is 23.8 Å². The summed E-state index contributed by atoms with van der Waals surface area (Å²) in [5.74, 6) is 0.625. The molecule has 5 heteroatoms. The van der Waals surface area contributed by atoms with E-state index in [1.54, 1.807) is 24.1 Å². The van der Waals surface area contributed by atoms with Crippen LogP contribution >= 0.6 is 0 Å². The largest absolute Gasteiger partial charge is 0.504 e. The molecule has 0 saturated carbocycles. The Bertz CT molecular complexity index is 426. The molecular weight excluding hydrogens is 230 g/mol. The highest BCUT2D eigenvalue weighted by Crippen LogP contribution is 2.25. The third kappa shape index (κ3) is 3.13. The number of aromatic hydroxyl groups is 1. The first-order chi connectivity index (χ1) is 8.69. The average Bonchev–Trinajstić information content (AvgIpc) is 2.39. The van der Waals surface area contributed by atoms with Crippen molar-refractivity contribution in [1.29, 1.82) is 0 Å². The summed E-state index contributed by atoms with van der Waals surface area (Å²) < 4.78 is 5.06. The molecule has 1 heterocycles. The van der Waals surface area contributed by atoms with Gasteiger partial charge in [0, 0.05) is 0 Å². The number of phenols is 1. The first kappa shape index (κ1) is 12.7. The van der Waals surface area contributed by atoms with Gasteiger partial charge < -0.3 is 14.7 Å². The highest BCUT2D eigenvalue weighted by Gasteiger charge is 2.13. The van der Waals surface area contributed by atoms with Crippen molar-refractivity contribution in [1.82, 2.24) is 5.01 Å². The lowest BCUT2D eigenvalue weighted by Gasteiger charge is -2.27. The third-order valence-electron chi connectivity index (χ3n) is 3.17. The van der Waals surface area contributed by atoms with Crippen LogP contribution in [0.3, 0.4) is 0 Å². The van der Waals surface area contributed by atoms with Gasteiger partial charge in [-0.2, -0.15) is 5.10 Å². The predicted octanol–water partition coefficient (Wildman–Crippen LogP) is -0.435. The van der Waals surface area contributed by atoms with Gasteiger partial charge in [-0.1, -0.05) is 0 Å². The van der Waals surface area contributed by atoms with Crippen LogP contribution in [0, 0.1) is 0 Å². The number of ether oxygens (including phenoxy) is 1. The van der Waals surface area contributed by atoms with Crippen molar-refractivity contribution >= 4 is 6.21 Å². The summed E-state index contributed by atoms with van der Waals surface area (Å²) >= 11 is 0. The van der Waals surface area contributed by atoms with Gasteiger partial charge in [0.15, 0.2) is 11.5 Å².